The summed E-state index contributed by atoms with van der Waals surface area (Å²) in [5, 5.41) is 13.2. The molecule has 0 amide bonds. The van der Waals surface area contributed by atoms with Crippen molar-refractivity contribution in [3.8, 4) is 6.07 Å². The number of benzene rings is 2. The summed E-state index contributed by atoms with van der Waals surface area (Å²) in [5.74, 6) is 1.86. The molecule has 1 fully saturated rings. The van der Waals surface area contributed by atoms with Gasteiger partial charge >= 0.3 is 0 Å². The fourth-order valence-electron chi connectivity index (χ4n) is 3.73. The lowest BCUT2D eigenvalue weighted by Gasteiger charge is -2.30. The maximum Gasteiger partial charge on any atom is 0.229 e. The molecule has 28 heavy (non-hydrogen) atoms. The molecule has 3 aromatic rings. The van der Waals surface area contributed by atoms with Crippen LogP contribution in [0.4, 0.5) is 0 Å². The Balaban J connectivity index is 1.32. The summed E-state index contributed by atoms with van der Waals surface area (Å²) in [5.41, 5.74) is 4.37. The SMILES string of the molecule is Cc1ccc(Cc2noc(C3CCN(Cc4cccc(C#N)c4)CC3)n2)cc1. The number of aryl methyl sites for hydroxylation is 1. The number of hydrogen-bond acceptors (Lipinski definition) is 5. The molecule has 4 rings (SSSR count). The van der Waals surface area contributed by atoms with Crippen molar-refractivity contribution < 1.29 is 4.52 Å². The van der Waals surface area contributed by atoms with Crippen LogP contribution in [-0.2, 0) is 13.0 Å². The second kappa shape index (κ2) is 8.37. The number of rotatable bonds is 5. The number of nitrogens with zero attached hydrogens (tertiary/aromatic N) is 4. The van der Waals surface area contributed by atoms with E-state index in [1.54, 1.807) is 0 Å². The fraction of sp³-hybridized carbons (Fsp3) is 0.348. The Hall–Kier alpha value is -2.97. The van der Waals surface area contributed by atoms with E-state index in [0.29, 0.717) is 12.3 Å². The second-order valence-electron chi connectivity index (χ2n) is 7.57. The Morgan fingerprint density at radius 1 is 1.11 bits per heavy atom. The lowest BCUT2D eigenvalue weighted by Crippen LogP contribution is -2.32. The molecule has 0 atom stereocenters. The van der Waals surface area contributed by atoms with Gasteiger partial charge in [0.25, 0.3) is 0 Å². The van der Waals surface area contributed by atoms with Crippen molar-refractivity contribution in [2.75, 3.05) is 13.1 Å². The van der Waals surface area contributed by atoms with Crippen molar-refractivity contribution in [2.45, 2.75) is 38.6 Å². The van der Waals surface area contributed by atoms with E-state index in [2.05, 4.69) is 58.4 Å². The first kappa shape index (κ1) is 18.4. The smallest absolute Gasteiger partial charge is 0.229 e. The fourth-order valence-corrected chi connectivity index (χ4v) is 3.73. The van der Waals surface area contributed by atoms with Crippen molar-refractivity contribution in [2.24, 2.45) is 0 Å². The van der Waals surface area contributed by atoms with E-state index in [0.717, 1.165) is 49.8 Å². The van der Waals surface area contributed by atoms with E-state index in [1.165, 1.54) is 16.7 Å². The molecular weight excluding hydrogens is 348 g/mol. The number of piperidine rings is 1. The van der Waals surface area contributed by atoms with Crippen LogP contribution >= 0.6 is 0 Å². The van der Waals surface area contributed by atoms with Gasteiger partial charge in [0, 0.05) is 18.9 Å². The van der Waals surface area contributed by atoms with Crippen LogP contribution < -0.4 is 0 Å². The van der Waals surface area contributed by atoms with Gasteiger partial charge in [0.2, 0.25) is 5.89 Å². The molecule has 1 aliphatic rings. The molecule has 0 aliphatic carbocycles. The van der Waals surface area contributed by atoms with Gasteiger partial charge in [0.05, 0.1) is 11.6 Å². The largest absolute Gasteiger partial charge is 0.339 e. The third-order valence-corrected chi connectivity index (χ3v) is 5.37. The van der Waals surface area contributed by atoms with Gasteiger partial charge in [-0.15, -0.1) is 0 Å². The van der Waals surface area contributed by atoms with Crippen molar-refractivity contribution in [3.63, 3.8) is 0 Å². The van der Waals surface area contributed by atoms with Crippen molar-refractivity contribution in [1.29, 1.82) is 5.26 Å². The zero-order valence-electron chi connectivity index (χ0n) is 16.1. The highest BCUT2D eigenvalue weighted by molar-refractivity contribution is 5.32. The zero-order chi connectivity index (χ0) is 19.3. The van der Waals surface area contributed by atoms with Crippen molar-refractivity contribution in [3.05, 3.63) is 82.5 Å². The Kier molecular flexibility index (Phi) is 5.50. The molecule has 0 N–H and O–H groups in total. The Morgan fingerprint density at radius 3 is 2.64 bits per heavy atom. The van der Waals surface area contributed by atoms with Crippen LogP contribution in [0.5, 0.6) is 0 Å². The molecule has 5 heteroatoms. The van der Waals surface area contributed by atoms with Crippen LogP contribution in [0.1, 0.15) is 52.7 Å². The Bertz CT molecular complexity index is 963. The number of aromatic nitrogens is 2. The molecule has 0 radical (unpaired) electrons. The topological polar surface area (TPSA) is 66.0 Å². The third kappa shape index (κ3) is 4.47. The molecule has 2 heterocycles. The molecule has 0 bridgehead atoms. The average Bonchev–Trinajstić information content (AvgIpc) is 3.19. The molecule has 1 saturated heterocycles. The minimum absolute atomic E-state index is 0.334. The van der Waals surface area contributed by atoms with Crippen LogP contribution in [0.25, 0.3) is 0 Å². The van der Waals surface area contributed by atoms with Gasteiger partial charge in [0.15, 0.2) is 5.82 Å². The van der Waals surface area contributed by atoms with E-state index in [1.807, 2.05) is 18.2 Å². The molecule has 0 saturated carbocycles. The van der Waals surface area contributed by atoms with Crippen LogP contribution in [0.3, 0.4) is 0 Å². The summed E-state index contributed by atoms with van der Waals surface area (Å²) in [6, 6.07) is 18.5. The van der Waals surface area contributed by atoms with Crippen LogP contribution in [0.15, 0.2) is 53.1 Å². The van der Waals surface area contributed by atoms with Crippen molar-refractivity contribution >= 4 is 0 Å². The monoisotopic (exact) mass is 372 g/mol. The predicted molar refractivity (Wildman–Crippen MR) is 107 cm³/mol. The average molecular weight is 372 g/mol. The van der Waals surface area contributed by atoms with E-state index >= 15 is 0 Å². The van der Waals surface area contributed by atoms with Crippen LogP contribution in [0, 0.1) is 18.3 Å². The first-order chi connectivity index (χ1) is 13.7. The van der Waals surface area contributed by atoms with Crippen LogP contribution in [-0.4, -0.2) is 28.1 Å². The van der Waals surface area contributed by atoms with Gasteiger partial charge < -0.3 is 4.52 Å². The molecule has 0 spiro atoms. The molecule has 1 aromatic heterocycles. The first-order valence-corrected chi connectivity index (χ1v) is 9.79. The lowest BCUT2D eigenvalue weighted by molar-refractivity contribution is 0.187. The summed E-state index contributed by atoms with van der Waals surface area (Å²) < 4.78 is 5.57. The first-order valence-electron chi connectivity index (χ1n) is 9.79. The summed E-state index contributed by atoms with van der Waals surface area (Å²) in [6.45, 7) is 4.96. The number of hydrogen-bond donors (Lipinski definition) is 0. The maximum absolute atomic E-state index is 9.05. The number of likely N-dealkylation sites (tertiary alicyclic amines) is 1. The summed E-state index contributed by atoms with van der Waals surface area (Å²) in [7, 11) is 0. The highest BCUT2D eigenvalue weighted by Crippen LogP contribution is 2.28. The molecular formula is C23H24N4O. The van der Waals surface area contributed by atoms with Crippen molar-refractivity contribution in [1.82, 2.24) is 15.0 Å². The second-order valence-corrected chi connectivity index (χ2v) is 7.57. The van der Waals surface area contributed by atoms with Gasteiger partial charge in [-0.2, -0.15) is 10.2 Å². The molecule has 1 aliphatic heterocycles. The van der Waals surface area contributed by atoms with E-state index in [4.69, 9.17) is 9.78 Å². The summed E-state index contributed by atoms with van der Waals surface area (Å²) in [6.07, 6.45) is 2.74. The summed E-state index contributed by atoms with van der Waals surface area (Å²) >= 11 is 0. The molecule has 5 nitrogen and oxygen atoms in total. The molecule has 0 unspecified atom stereocenters. The predicted octanol–water partition coefficient (Wildman–Crippen LogP) is 4.22. The van der Waals surface area contributed by atoms with Crippen LogP contribution in [0.2, 0.25) is 0 Å². The molecule has 142 valence electrons. The van der Waals surface area contributed by atoms with E-state index in [-0.39, 0.29) is 0 Å². The number of nitriles is 1. The normalized spacial score (nSPS) is 15.4. The van der Waals surface area contributed by atoms with Gasteiger partial charge in [0.1, 0.15) is 0 Å². The van der Waals surface area contributed by atoms with E-state index < -0.39 is 0 Å². The minimum atomic E-state index is 0.334. The third-order valence-electron chi connectivity index (χ3n) is 5.37. The van der Waals surface area contributed by atoms with Gasteiger partial charge in [-0.05, 0) is 56.1 Å². The zero-order valence-corrected chi connectivity index (χ0v) is 16.1. The van der Waals surface area contributed by atoms with Gasteiger partial charge in [-0.1, -0.05) is 47.1 Å². The highest BCUT2D eigenvalue weighted by Gasteiger charge is 2.25. The molecule has 2 aromatic carbocycles. The van der Waals surface area contributed by atoms with Gasteiger partial charge in [-0.25, -0.2) is 0 Å². The highest BCUT2D eigenvalue weighted by atomic mass is 16.5. The Labute approximate surface area is 165 Å². The Morgan fingerprint density at radius 2 is 1.89 bits per heavy atom. The summed E-state index contributed by atoms with van der Waals surface area (Å²) in [4.78, 5) is 7.08. The lowest BCUT2D eigenvalue weighted by atomic mass is 9.96. The van der Waals surface area contributed by atoms with E-state index in [9.17, 15) is 0 Å². The minimum Gasteiger partial charge on any atom is -0.339 e. The standard InChI is InChI=1S/C23H24N4O/c1-17-5-7-18(8-6-17)14-22-25-23(28-26-22)21-9-11-27(12-10-21)16-20-4-2-3-19(13-20)15-24/h2-8,13,21H,9-12,14,16H2,1H3. The maximum atomic E-state index is 9.05. The van der Waals surface area contributed by atoms with Gasteiger partial charge in [-0.3, -0.25) is 4.90 Å². The quantitative estimate of drug-likeness (QED) is 0.671.